The smallest absolute Gasteiger partial charge is 0.260 e. The Kier molecular flexibility index (Phi) is 7.75. The average molecular weight is 470 g/mol. The van der Waals surface area contributed by atoms with E-state index in [4.69, 9.17) is 9.47 Å². The van der Waals surface area contributed by atoms with Gasteiger partial charge >= 0.3 is 0 Å². The zero-order valence-electron chi connectivity index (χ0n) is 17.9. The third-order valence-electron chi connectivity index (χ3n) is 5.38. The molecule has 1 aliphatic heterocycles. The molecule has 3 aromatic rings. The summed E-state index contributed by atoms with van der Waals surface area (Å²) < 4.78 is 10.5. The maximum atomic E-state index is 12.9. The minimum Gasteiger partial charge on any atom is -0.497 e. The number of rotatable bonds is 6. The molecule has 0 aliphatic carbocycles. The number of thiophene rings is 1. The van der Waals surface area contributed by atoms with E-state index in [0.717, 1.165) is 36.5 Å². The van der Waals surface area contributed by atoms with Crippen molar-refractivity contribution in [1.82, 2.24) is 4.90 Å². The van der Waals surface area contributed by atoms with E-state index in [0.29, 0.717) is 27.6 Å². The minimum absolute atomic E-state index is 0. The number of ether oxygens (including phenoxy) is 2. The fraction of sp³-hybridized carbons (Fsp3) is 0.250. The van der Waals surface area contributed by atoms with Gasteiger partial charge in [-0.15, -0.1) is 23.7 Å². The molecule has 8 heteroatoms. The molecule has 166 valence electrons. The van der Waals surface area contributed by atoms with Crippen LogP contribution < -0.4 is 14.8 Å². The van der Waals surface area contributed by atoms with Crippen LogP contribution >= 0.6 is 23.7 Å². The van der Waals surface area contributed by atoms with Gasteiger partial charge < -0.3 is 14.8 Å². The van der Waals surface area contributed by atoms with E-state index in [1.807, 2.05) is 18.2 Å². The van der Waals surface area contributed by atoms with Crippen molar-refractivity contribution in [2.24, 2.45) is 0 Å². The Bertz CT molecular complexity index is 1140. The lowest BCUT2D eigenvalue weighted by Gasteiger charge is -2.26. The number of nitrogens with zero attached hydrogens (tertiary/aromatic N) is 2. The molecule has 0 saturated carbocycles. The number of hydrogen-bond donors (Lipinski definition) is 1. The van der Waals surface area contributed by atoms with Gasteiger partial charge in [-0.1, -0.05) is 30.3 Å². The second kappa shape index (κ2) is 10.5. The van der Waals surface area contributed by atoms with Crippen LogP contribution in [0.25, 0.3) is 0 Å². The van der Waals surface area contributed by atoms with Crippen molar-refractivity contribution in [3.8, 4) is 17.6 Å². The van der Waals surface area contributed by atoms with Crippen LogP contribution in [0, 0.1) is 11.3 Å². The summed E-state index contributed by atoms with van der Waals surface area (Å²) in [5, 5.41) is 13.3. The standard InChI is InChI=1S/C24H23N3O3S.ClH/c1-29-17-8-9-19(21(12-17)30-2)23(28)26-24-20(13-25)18-10-11-27(15-22(18)31-24)14-16-6-4-3-5-7-16;/h3-9,12H,10-11,14-15H2,1-2H3,(H,26,28);1H. The molecule has 1 amide bonds. The normalized spacial score (nSPS) is 12.8. The van der Waals surface area contributed by atoms with Crippen LogP contribution in [0.5, 0.6) is 11.5 Å². The fourth-order valence-electron chi connectivity index (χ4n) is 3.80. The highest BCUT2D eigenvalue weighted by atomic mass is 35.5. The molecule has 0 fully saturated rings. The van der Waals surface area contributed by atoms with Crippen LogP contribution in [0.15, 0.2) is 48.5 Å². The van der Waals surface area contributed by atoms with E-state index in [-0.39, 0.29) is 18.3 Å². The maximum Gasteiger partial charge on any atom is 0.260 e. The molecule has 0 radical (unpaired) electrons. The molecule has 0 bridgehead atoms. The van der Waals surface area contributed by atoms with Crippen LogP contribution in [-0.2, 0) is 19.5 Å². The van der Waals surface area contributed by atoms with Gasteiger partial charge in [-0.3, -0.25) is 9.69 Å². The number of carbonyl (C=O) groups is 1. The van der Waals surface area contributed by atoms with Crippen molar-refractivity contribution in [2.75, 3.05) is 26.1 Å². The number of amides is 1. The molecule has 1 aromatic heterocycles. The number of carbonyl (C=O) groups excluding carboxylic acids is 1. The Morgan fingerprint density at radius 1 is 1.19 bits per heavy atom. The zero-order valence-corrected chi connectivity index (χ0v) is 19.5. The Labute approximate surface area is 197 Å². The third kappa shape index (κ3) is 4.89. The molecular weight excluding hydrogens is 446 g/mol. The van der Waals surface area contributed by atoms with Gasteiger partial charge in [0.25, 0.3) is 5.91 Å². The first kappa shape index (κ1) is 23.6. The van der Waals surface area contributed by atoms with E-state index < -0.39 is 0 Å². The summed E-state index contributed by atoms with van der Waals surface area (Å²) >= 11 is 1.48. The molecule has 32 heavy (non-hydrogen) atoms. The highest BCUT2D eigenvalue weighted by Gasteiger charge is 2.26. The Balaban J connectivity index is 0.00000289. The van der Waals surface area contributed by atoms with Gasteiger partial charge in [0.15, 0.2) is 0 Å². The molecule has 0 atom stereocenters. The summed E-state index contributed by atoms with van der Waals surface area (Å²) in [7, 11) is 3.07. The quantitative estimate of drug-likeness (QED) is 0.557. The molecule has 4 rings (SSSR count). The largest absolute Gasteiger partial charge is 0.497 e. The summed E-state index contributed by atoms with van der Waals surface area (Å²) in [6.45, 7) is 2.52. The summed E-state index contributed by atoms with van der Waals surface area (Å²) in [5.41, 5.74) is 3.28. The summed E-state index contributed by atoms with van der Waals surface area (Å²) in [5.74, 6) is 0.720. The molecule has 0 saturated heterocycles. The molecule has 0 spiro atoms. The third-order valence-corrected chi connectivity index (χ3v) is 6.51. The first-order valence-corrected chi connectivity index (χ1v) is 10.8. The van der Waals surface area contributed by atoms with E-state index in [2.05, 4.69) is 28.4 Å². The van der Waals surface area contributed by atoms with Crippen molar-refractivity contribution in [3.63, 3.8) is 0 Å². The Morgan fingerprint density at radius 3 is 2.66 bits per heavy atom. The van der Waals surface area contributed by atoms with Crippen LogP contribution in [-0.4, -0.2) is 31.6 Å². The van der Waals surface area contributed by atoms with Crippen molar-refractivity contribution in [2.45, 2.75) is 19.5 Å². The minimum atomic E-state index is -0.309. The SMILES string of the molecule is COc1ccc(C(=O)Nc2sc3c(c2C#N)CCN(Cc2ccccc2)C3)c(OC)c1.Cl. The number of benzene rings is 2. The van der Waals surface area contributed by atoms with E-state index in [9.17, 15) is 10.1 Å². The predicted octanol–water partition coefficient (Wildman–Crippen LogP) is 4.87. The van der Waals surface area contributed by atoms with Crippen LogP contribution in [0.2, 0.25) is 0 Å². The average Bonchev–Trinajstić information content (AvgIpc) is 3.15. The highest BCUT2D eigenvalue weighted by molar-refractivity contribution is 7.16. The molecule has 1 N–H and O–H groups in total. The van der Waals surface area contributed by atoms with Gasteiger partial charge in [-0.25, -0.2) is 0 Å². The van der Waals surface area contributed by atoms with Crippen molar-refractivity contribution in [1.29, 1.82) is 5.26 Å². The molecule has 2 aromatic carbocycles. The van der Waals surface area contributed by atoms with Gasteiger partial charge in [0, 0.05) is 30.6 Å². The number of methoxy groups -OCH3 is 2. The van der Waals surface area contributed by atoms with Gasteiger partial charge in [0.1, 0.15) is 22.6 Å². The maximum absolute atomic E-state index is 12.9. The second-order valence-corrected chi connectivity index (χ2v) is 8.39. The summed E-state index contributed by atoms with van der Waals surface area (Å²) in [4.78, 5) is 16.4. The first-order valence-electron chi connectivity index (χ1n) is 9.97. The van der Waals surface area contributed by atoms with Crippen molar-refractivity contribution >= 4 is 34.7 Å². The zero-order chi connectivity index (χ0) is 21.8. The first-order chi connectivity index (χ1) is 15.1. The van der Waals surface area contributed by atoms with Crippen LogP contribution in [0.3, 0.4) is 0 Å². The topological polar surface area (TPSA) is 74.6 Å². The van der Waals surface area contributed by atoms with Gasteiger partial charge in [0.05, 0.1) is 25.3 Å². The highest BCUT2D eigenvalue weighted by Crippen LogP contribution is 2.37. The number of hydrogen-bond acceptors (Lipinski definition) is 6. The van der Waals surface area contributed by atoms with Crippen LogP contribution in [0.4, 0.5) is 5.00 Å². The lowest BCUT2D eigenvalue weighted by Crippen LogP contribution is -2.29. The van der Waals surface area contributed by atoms with Crippen molar-refractivity contribution in [3.05, 3.63) is 75.7 Å². The van der Waals surface area contributed by atoms with Crippen molar-refractivity contribution < 1.29 is 14.3 Å². The lowest BCUT2D eigenvalue weighted by molar-refractivity contribution is 0.102. The number of anilines is 1. The molecular formula is C24H24ClN3O3S. The van der Waals surface area contributed by atoms with E-state index >= 15 is 0 Å². The molecule has 1 aliphatic rings. The van der Waals surface area contributed by atoms with Gasteiger partial charge in [-0.05, 0) is 29.7 Å². The number of nitrogens with one attached hydrogen (secondary N) is 1. The molecule has 6 nitrogen and oxygen atoms in total. The lowest BCUT2D eigenvalue weighted by atomic mass is 10.0. The number of nitriles is 1. The summed E-state index contributed by atoms with van der Waals surface area (Å²) in [6, 6.07) is 17.7. The fourth-order valence-corrected chi connectivity index (χ4v) is 5.03. The monoisotopic (exact) mass is 469 g/mol. The van der Waals surface area contributed by atoms with Gasteiger partial charge in [-0.2, -0.15) is 5.26 Å². The van der Waals surface area contributed by atoms with Crippen LogP contribution in [0.1, 0.15) is 31.9 Å². The number of fused-ring (bicyclic) bond motifs is 1. The van der Waals surface area contributed by atoms with E-state index in [1.165, 1.54) is 24.0 Å². The second-order valence-electron chi connectivity index (χ2n) is 7.29. The predicted molar refractivity (Wildman–Crippen MR) is 128 cm³/mol. The Hall–Kier alpha value is -3.05. The van der Waals surface area contributed by atoms with Gasteiger partial charge in [0.2, 0.25) is 0 Å². The molecule has 2 heterocycles. The number of halogens is 1. The van der Waals surface area contributed by atoms with E-state index in [1.54, 1.807) is 25.3 Å². The summed E-state index contributed by atoms with van der Waals surface area (Å²) in [6.07, 6.45) is 0.795. The Morgan fingerprint density at radius 2 is 1.97 bits per heavy atom. The molecule has 0 unspecified atom stereocenters.